The highest BCUT2D eigenvalue weighted by Crippen LogP contribution is 2.33. The van der Waals surface area contributed by atoms with Crippen molar-refractivity contribution in [2.24, 2.45) is 7.05 Å². The van der Waals surface area contributed by atoms with Gasteiger partial charge < -0.3 is 25.4 Å². The summed E-state index contributed by atoms with van der Waals surface area (Å²) in [5.41, 5.74) is 1.98. The number of hydrogen-bond donors (Lipinski definition) is 4. The number of hydrogen-bond acceptors (Lipinski definition) is 4. The molecule has 0 radical (unpaired) electrons. The van der Waals surface area contributed by atoms with Crippen LogP contribution >= 0.6 is 0 Å². The minimum atomic E-state index is -1.25. The SMILES string of the molecule is Cc1ccccc1-c1ccc(F)c(C(CC(=O)O)NC(=O)Nc2c(O)ccn(C)c2=O)c1C. The van der Waals surface area contributed by atoms with Crippen LogP contribution in [0.4, 0.5) is 14.9 Å². The number of carboxylic acids is 1. The lowest BCUT2D eigenvalue weighted by atomic mass is 9.89. The smallest absolute Gasteiger partial charge is 0.319 e. The Kier molecular flexibility index (Phi) is 6.81. The third-order valence-electron chi connectivity index (χ3n) is 5.41. The molecule has 2 aromatic carbocycles. The van der Waals surface area contributed by atoms with Crippen LogP contribution in [0.15, 0.2) is 53.5 Å². The number of nitrogens with one attached hydrogen (secondary N) is 2. The average molecular weight is 453 g/mol. The maximum Gasteiger partial charge on any atom is 0.319 e. The molecular formula is C24H24FN3O5. The van der Waals surface area contributed by atoms with Crippen LogP contribution in [0.25, 0.3) is 11.1 Å². The summed E-state index contributed by atoms with van der Waals surface area (Å²) in [7, 11) is 1.44. The van der Waals surface area contributed by atoms with Crippen LogP contribution in [0.3, 0.4) is 0 Å². The van der Waals surface area contributed by atoms with Gasteiger partial charge in [0.15, 0.2) is 5.69 Å². The molecule has 2 amide bonds. The fourth-order valence-electron chi connectivity index (χ4n) is 3.73. The zero-order valence-electron chi connectivity index (χ0n) is 18.3. The lowest BCUT2D eigenvalue weighted by Gasteiger charge is -2.23. The van der Waals surface area contributed by atoms with Crippen molar-refractivity contribution in [3.8, 4) is 16.9 Å². The molecule has 8 nitrogen and oxygen atoms in total. The molecule has 0 spiro atoms. The number of carbonyl (C=O) groups is 2. The number of anilines is 1. The van der Waals surface area contributed by atoms with Crippen LogP contribution in [0.5, 0.6) is 5.75 Å². The molecule has 33 heavy (non-hydrogen) atoms. The summed E-state index contributed by atoms with van der Waals surface area (Å²) in [5.74, 6) is -2.37. The third kappa shape index (κ3) is 5.03. The van der Waals surface area contributed by atoms with Crippen LogP contribution < -0.4 is 16.2 Å². The highest BCUT2D eigenvalue weighted by Gasteiger charge is 2.26. The second-order valence-electron chi connectivity index (χ2n) is 7.69. The molecule has 0 bridgehead atoms. The second kappa shape index (κ2) is 9.56. The Balaban J connectivity index is 2.00. The van der Waals surface area contributed by atoms with Gasteiger partial charge in [-0.2, -0.15) is 0 Å². The Bertz CT molecular complexity index is 1290. The van der Waals surface area contributed by atoms with Gasteiger partial charge in [0.25, 0.3) is 5.56 Å². The number of nitrogens with zero attached hydrogens (tertiary/aromatic N) is 1. The fraction of sp³-hybridized carbons (Fsp3) is 0.208. The van der Waals surface area contributed by atoms with Gasteiger partial charge in [0.2, 0.25) is 0 Å². The van der Waals surface area contributed by atoms with Crippen LogP contribution in [0, 0.1) is 19.7 Å². The van der Waals surface area contributed by atoms with E-state index in [0.29, 0.717) is 11.1 Å². The third-order valence-corrected chi connectivity index (χ3v) is 5.41. The number of aromatic nitrogens is 1. The molecule has 0 saturated carbocycles. The van der Waals surface area contributed by atoms with Crippen LogP contribution in [0.1, 0.15) is 29.2 Å². The average Bonchev–Trinajstić information content (AvgIpc) is 2.74. The molecule has 1 unspecified atom stereocenters. The number of urea groups is 1. The largest absolute Gasteiger partial charge is 0.505 e. The number of pyridine rings is 1. The molecular weight excluding hydrogens is 429 g/mol. The molecule has 9 heteroatoms. The highest BCUT2D eigenvalue weighted by molar-refractivity contribution is 5.91. The number of halogens is 1. The van der Waals surface area contributed by atoms with Crippen molar-refractivity contribution < 1.29 is 24.2 Å². The molecule has 0 aliphatic heterocycles. The van der Waals surface area contributed by atoms with E-state index >= 15 is 0 Å². The number of carbonyl (C=O) groups excluding carboxylic acids is 1. The number of benzene rings is 2. The zero-order valence-corrected chi connectivity index (χ0v) is 18.3. The van der Waals surface area contributed by atoms with E-state index in [1.807, 2.05) is 31.2 Å². The first-order valence-electron chi connectivity index (χ1n) is 10.1. The van der Waals surface area contributed by atoms with Gasteiger partial charge in [-0.3, -0.25) is 9.59 Å². The maximum absolute atomic E-state index is 14.9. The summed E-state index contributed by atoms with van der Waals surface area (Å²) < 4.78 is 16.1. The van der Waals surface area contributed by atoms with Gasteiger partial charge in [-0.25, -0.2) is 9.18 Å². The highest BCUT2D eigenvalue weighted by atomic mass is 19.1. The van der Waals surface area contributed by atoms with E-state index in [4.69, 9.17) is 0 Å². The zero-order chi connectivity index (χ0) is 24.3. The number of carboxylic acid groups (broad SMARTS) is 1. The van der Waals surface area contributed by atoms with E-state index in [-0.39, 0.29) is 11.3 Å². The van der Waals surface area contributed by atoms with E-state index < -0.39 is 41.6 Å². The predicted octanol–water partition coefficient (Wildman–Crippen LogP) is 3.85. The summed E-state index contributed by atoms with van der Waals surface area (Å²) in [5, 5.41) is 24.0. The monoisotopic (exact) mass is 453 g/mol. The van der Waals surface area contributed by atoms with Crippen molar-refractivity contribution in [1.82, 2.24) is 9.88 Å². The second-order valence-corrected chi connectivity index (χ2v) is 7.69. The molecule has 1 heterocycles. The van der Waals surface area contributed by atoms with Crippen LogP contribution in [-0.4, -0.2) is 26.8 Å². The lowest BCUT2D eigenvalue weighted by molar-refractivity contribution is -0.137. The summed E-state index contributed by atoms with van der Waals surface area (Å²) >= 11 is 0. The van der Waals surface area contributed by atoms with Crippen molar-refractivity contribution >= 4 is 17.7 Å². The first-order chi connectivity index (χ1) is 15.6. The van der Waals surface area contributed by atoms with Crippen molar-refractivity contribution in [3.63, 3.8) is 0 Å². The molecule has 3 aromatic rings. The Hall–Kier alpha value is -4.14. The fourth-order valence-corrected chi connectivity index (χ4v) is 3.73. The van der Waals surface area contributed by atoms with Gasteiger partial charge in [-0.05, 0) is 48.2 Å². The molecule has 1 atom stereocenters. The van der Waals surface area contributed by atoms with Gasteiger partial charge in [0, 0.05) is 18.8 Å². The summed E-state index contributed by atoms with van der Waals surface area (Å²) in [4.78, 5) is 36.4. The first kappa shape index (κ1) is 23.5. The maximum atomic E-state index is 14.9. The number of aryl methyl sites for hydroxylation is 2. The Morgan fingerprint density at radius 1 is 1.09 bits per heavy atom. The standard InChI is InChI=1S/C24H24FN3O5/c1-13-6-4-5-7-15(13)16-8-9-17(25)21(14(16)2)18(12-20(30)31)26-24(33)27-22-19(29)10-11-28(3)23(22)32/h4-11,18,29H,12H2,1-3H3,(H,30,31)(H2,26,27,33). The lowest BCUT2D eigenvalue weighted by Crippen LogP contribution is -2.36. The molecule has 0 fully saturated rings. The molecule has 1 aromatic heterocycles. The molecule has 0 saturated heterocycles. The summed E-state index contributed by atoms with van der Waals surface area (Å²) in [6.45, 7) is 3.57. The van der Waals surface area contributed by atoms with E-state index in [1.165, 1.54) is 25.4 Å². The molecule has 0 aliphatic rings. The van der Waals surface area contributed by atoms with E-state index in [1.54, 1.807) is 13.0 Å². The topological polar surface area (TPSA) is 121 Å². The van der Waals surface area contributed by atoms with Gasteiger partial charge in [0.05, 0.1) is 12.5 Å². The summed E-state index contributed by atoms with van der Waals surface area (Å²) in [6.07, 6.45) is 0.727. The minimum absolute atomic E-state index is 0.0264. The first-order valence-corrected chi connectivity index (χ1v) is 10.1. The number of rotatable bonds is 6. The quantitative estimate of drug-likeness (QED) is 0.452. The molecule has 4 N–H and O–H groups in total. The molecule has 172 valence electrons. The normalized spacial score (nSPS) is 11.6. The minimum Gasteiger partial charge on any atom is -0.505 e. The van der Waals surface area contributed by atoms with E-state index in [2.05, 4.69) is 10.6 Å². The number of aromatic hydroxyl groups is 1. The molecule has 3 rings (SSSR count). The van der Waals surface area contributed by atoms with Crippen LogP contribution in [0.2, 0.25) is 0 Å². The van der Waals surface area contributed by atoms with Crippen molar-refractivity contribution in [2.45, 2.75) is 26.3 Å². The molecule has 0 aliphatic carbocycles. The van der Waals surface area contributed by atoms with E-state index in [9.17, 15) is 29.0 Å². The number of aliphatic carboxylic acids is 1. The van der Waals surface area contributed by atoms with Crippen molar-refractivity contribution in [1.29, 1.82) is 0 Å². The van der Waals surface area contributed by atoms with Gasteiger partial charge in [-0.15, -0.1) is 0 Å². The van der Waals surface area contributed by atoms with Gasteiger partial charge >= 0.3 is 12.0 Å². The Labute approximate surface area is 189 Å². The Morgan fingerprint density at radius 2 is 1.79 bits per heavy atom. The van der Waals surface area contributed by atoms with Crippen molar-refractivity contribution in [2.75, 3.05) is 5.32 Å². The van der Waals surface area contributed by atoms with Gasteiger partial charge in [0.1, 0.15) is 11.6 Å². The van der Waals surface area contributed by atoms with E-state index in [0.717, 1.165) is 15.7 Å². The van der Waals surface area contributed by atoms with Gasteiger partial charge in [-0.1, -0.05) is 30.3 Å². The summed E-state index contributed by atoms with van der Waals surface area (Å²) in [6, 6.07) is 9.38. The predicted molar refractivity (Wildman–Crippen MR) is 122 cm³/mol. The number of amides is 2. The van der Waals surface area contributed by atoms with Crippen molar-refractivity contribution in [3.05, 3.63) is 81.5 Å². The Morgan fingerprint density at radius 3 is 2.45 bits per heavy atom. The van der Waals surface area contributed by atoms with Crippen LogP contribution in [-0.2, 0) is 11.8 Å².